The maximum absolute atomic E-state index is 6.57. The third-order valence-electron chi connectivity index (χ3n) is 12.3. The summed E-state index contributed by atoms with van der Waals surface area (Å²) >= 11 is 0. The van der Waals surface area contributed by atoms with Crippen LogP contribution in [0.25, 0.3) is 122 Å². The molecule has 5 heteroatoms. The number of nitrogens with zero attached hydrogens (tertiary/aromatic N) is 4. The lowest BCUT2D eigenvalue weighted by atomic mass is 9.99. The van der Waals surface area contributed by atoms with Crippen molar-refractivity contribution in [2.45, 2.75) is 0 Å². The largest absolute Gasteiger partial charge is 0.456 e. The van der Waals surface area contributed by atoms with Crippen LogP contribution in [-0.2, 0) is 0 Å². The van der Waals surface area contributed by atoms with E-state index in [1.54, 1.807) is 0 Å². The van der Waals surface area contributed by atoms with Crippen molar-refractivity contribution in [2.24, 2.45) is 0 Å². The molecule has 0 N–H and O–H groups in total. The number of furan rings is 1. The number of benzene rings is 9. The summed E-state index contributed by atoms with van der Waals surface area (Å²) in [6, 6.07) is 73.1. The third-order valence-corrected chi connectivity index (χ3v) is 12.3. The molecule has 0 saturated heterocycles. The molecule has 0 radical (unpaired) electrons. The first kappa shape index (κ1) is 33.7. The van der Waals surface area contributed by atoms with Crippen molar-refractivity contribution in [2.75, 3.05) is 0 Å². The van der Waals surface area contributed by atoms with Crippen LogP contribution in [0.5, 0.6) is 0 Å². The topological polar surface area (TPSA) is 48.8 Å². The molecule has 0 bridgehead atoms. The van der Waals surface area contributed by atoms with Gasteiger partial charge in [0.1, 0.15) is 17.0 Å². The Morgan fingerprint density at radius 3 is 1.64 bits per heavy atom. The summed E-state index contributed by atoms with van der Waals surface area (Å²) in [4.78, 5) is 10.8. The van der Waals surface area contributed by atoms with Crippen LogP contribution in [-0.4, -0.2) is 19.1 Å². The van der Waals surface area contributed by atoms with Gasteiger partial charge in [0.25, 0.3) is 0 Å². The van der Waals surface area contributed by atoms with E-state index in [1.807, 2.05) is 12.1 Å². The summed E-state index contributed by atoms with van der Waals surface area (Å²) in [5.74, 6) is 1.49. The molecular formula is C56H34N4O. The lowest BCUT2D eigenvalue weighted by Crippen LogP contribution is -2.02. The zero-order valence-corrected chi connectivity index (χ0v) is 32.8. The van der Waals surface area contributed by atoms with E-state index in [-0.39, 0.29) is 0 Å². The van der Waals surface area contributed by atoms with E-state index in [4.69, 9.17) is 14.4 Å². The fourth-order valence-electron chi connectivity index (χ4n) is 9.56. The zero-order chi connectivity index (χ0) is 40.0. The lowest BCUT2D eigenvalue weighted by Gasteiger charge is -2.13. The molecule has 0 atom stereocenters. The molecular weight excluding hydrogens is 745 g/mol. The molecule has 61 heavy (non-hydrogen) atoms. The van der Waals surface area contributed by atoms with Gasteiger partial charge in [0.05, 0.1) is 27.6 Å². The van der Waals surface area contributed by atoms with Crippen LogP contribution in [0.15, 0.2) is 211 Å². The van der Waals surface area contributed by atoms with Crippen LogP contribution in [0, 0.1) is 0 Å². The average Bonchev–Trinajstić information content (AvgIpc) is 3.99. The normalized spacial score (nSPS) is 11.9. The molecule has 9 aromatic carbocycles. The number of hydrogen-bond acceptors (Lipinski definition) is 3. The monoisotopic (exact) mass is 778 g/mol. The summed E-state index contributed by atoms with van der Waals surface area (Å²) in [5.41, 5.74) is 13.8. The second-order valence-electron chi connectivity index (χ2n) is 15.8. The zero-order valence-electron chi connectivity index (χ0n) is 32.8. The van der Waals surface area contributed by atoms with Crippen molar-refractivity contribution in [3.63, 3.8) is 0 Å². The van der Waals surface area contributed by atoms with E-state index in [0.717, 1.165) is 72.1 Å². The molecule has 13 aromatic rings. The molecule has 0 saturated carbocycles. The van der Waals surface area contributed by atoms with E-state index in [9.17, 15) is 0 Å². The molecule has 0 amide bonds. The molecule has 0 unspecified atom stereocenters. The Hall–Kier alpha value is -8.28. The third kappa shape index (κ3) is 5.14. The van der Waals surface area contributed by atoms with Crippen LogP contribution < -0.4 is 0 Å². The van der Waals surface area contributed by atoms with Gasteiger partial charge in [0.2, 0.25) is 0 Å². The van der Waals surface area contributed by atoms with Crippen molar-refractivity contribution in [3.8, 4) is 45.1 Å². The van der Waals surface area contributed by atoms with Gasteiger partial charge in [-0.25, -0.2) is 9.97 Å². The summed E-state index contributed by atoms with van der Waals surface area (Å²) in [6.07, 6.45) is 0. The van der Waals surface area contributed by atoms with Gasteiger partial charge < -0.3 is 8.98 Å². The van der Waals surface area contributed by atoms with Crippen molar-refractivity contribution < 1.29 is 4.42 Å². The minimum Gasteiger partial charge on any atom is -0.456 e. The highest BCUT2D eigenvalue weighted by atomic mass is 16.3. The molecule has 4 aromatic heterocycles. The molecule has 5 nitrogen and oxygen atoms in total. The van der Waals surface area contributed by atoms with Crippen LogP contribution in [0.4, 0.5) is 0 Å². The van der Waals surface area contributed by atoms with Gasteiger partial charge in [-0.05, 0) is 101 Å². The van der Waals surface area contributed by atoms with Gasteiger partial charge in [0, 0.05) is 49.0 Å². The van der Waals surface area contributed by atoms with Gasteiger partial charge >= 0.3 is 0 Å². The average molecular weight is 779 g/mol. The first-order valence-corrected chi connectivity index (χ1v) is 20.7. The Morgan fingerprint density at radius 2 is 0.902 bits per heavy atom. The van der Waals surface area contributed by atoms with Crippen molar-refractivity contribution >= 4 is 76.5 Å². The van der Waals surface area contributed by atoms with Gasteiger partial charge in [-0.3, -0.25) is 4.57 Å². The number of rotatable bonds is 5. The summed E-state index contributed by atoms with van der Waals surface area (Å²) < 4.78 is 11.2. The van der Waals surface area contributed by atoms with Crippen LogP contribution in [0.1, 0.15) is 0 Å². The molecule has 0 spiro atoms. The number of hydrogen-bond donors (Lipinski definition) is 0. The highest BCUT2D eigenvalue weighted by Crippen LogP contribution is 2.41. The molecule has 0 fully saturated rings. The maximum Gasteiger partial charge on any atom is 0.162 e. The first-order valence-electron chi connectivity index (χ1n) is 20.7. The Labute approximate surface area is 350 Å². The Morgan fingerprint density at radius 1 is 0.344 bits per heavy atom. The minimum atomic E-state index is 0.648. The van der Waals surface area contributed by atoms with Gasteiger partial charge in [0.15, 0.2) is 5.82 Å². The highest BCUT2D eigenvalue weighted by molar-refractivity contribution is 6.15. The smallest absolute Gasteiger partial charge is 0.162 e. The predicted molar refractivity (Wildman–Crippen MR) is 252 cm³/mol. The summed E-state index contributed by atoms with van der Waals surface area (Å²) in [7, 11) is 0. The molecule has 0 aliphatic rings. The SMILES string of the molecule is c1ccc(-c2ccc3c(c2)c2ccccc2n3-c2nc(-c3cccc4oc5ccc(-c6ccc7c(c6)c6ccccc6n7-c6ccccc6)cc5c34)nc3ccccc23)cc1. The Balaban J connectivity index is 1.01. The fraction of sp³-hybridized carbons (Fsp3) is 0. The predicted octanol–water partition coefficient (Wildman–Crippen LogP) is 14.7. The van der Waals surface area contributed by atoms with Crippen molar-refractivity contribution in [3.05, 3.63) is 206 Å². The van der Waals surface area contributed by atoms with E-state index in [1.165, 1.54) is 43.7 Å². The van der Waals surface area contributed by atoms with Crippen LogP contribution in [0.3, 0.4) is 0 Å². The number of fused-ring (bicyclic) bond motifs is 10. The van der Waals surface area contributed by atoms with Gasteiger partial charge in [-0.15, -0.1) is 0 Å². The first-order chi connectivity index (χ1) is 30.2. The molecule has 13 rings (SSSR count). The lowest BCUT2D eigenvalue weighted by molar-refractivity contribution is 0.669. The highest BCUT2D eigenvalue weighted by Gasteiger charge is 2.21. The standard InChI is InChI=1S/C56H34N4O/c1-3-14-35(15-4-1)36-26-30-51-45(32-36)41-19-9-12-24-49(41)60(51)56-42-20-7-10-22-47(42)57-55(58-56)43-21-13-25-53-54(43)46-34-38(28-31-52(46)61-53)37-27-29-50-44(33-37)40-18-8-11-23-48(40)59(50)39-16-5-2-6-17-39/h1-34H. The molecule has 4 heterocycles. The van der Waals surface area contributed by atoms with E-state index < -0.39 is 0 Å². The second kappa shape index (κ2) is 13.1. The van der Waals surface area contributed by atoms with E-state index in [2.05, 4.69) is 203 Å². The maximum atomic E-state index is 6.57. The Kier molecular flexibility index (Phi) is 7.24. The molecule has 284 valence electrons. The fourth-order valence-corrected chi connectivity index (χ4v) is 9.56. The summed E-state index contributed by atoms with van der Waals surface area (Å²) in [5, 5.41) is 7.81. The van der Waals surface area contributed by atoms with E-state index in [0.29, 0.717) is 5.82 Å². The van der Waals surface area contributed by atoms with Crippen LogP contribution >= 0.6 is 0 Å². The summed E-state index contributed by atoms with van der Waals surface area (Å²) in [6.45, 7) is 0. The van der Waals surface area contributed by atoms with Gasteiger partial charge in [-0.1, -0.05) is 127 Å². The number of aromatic nitrogens is 4. The molecule has 0 aliphatic carbocycles. The second-order valence-corrected chi connectivity index (χ2v) is 15.8. The minimum absolute atomic E-state index is 0.648. The van der Waals surface area contributed by atoms with E-state index >= 15 is 0 Å². The number of para-hydroxylation sites is 4. The quantitative estimate of drug-likeness (QED) is 0.175. The van der Waals surface area contributed by atoms with Crippen LogP contribution in [0.2, 0.25) is 0 Å². The van der Waals surface area contributed by atoms with Crippen molar-refractivity contribution in [1.29, 1.82) is 0 Å². The Bertz CT molecular complexity index is 3880. The van der Waals surface area contributed by atoms with Crippen molar-refractivity contribution in [1.82, 2.24) is 19.1 Å². The molecule has 0 aliphatic heterocycles. The van der Waals surface area contributed by atoms with Gasteiger partial charge in [-0.2, -0.15) is 0 Å².